The van der Waals surface area contributed by atoms with E-state index < -0.39 is 11.7 Å². The molecule has 25 heavy (non-hydrogen) atoms. The van der Waals surface area contributed by atoms with Gasteiger partial charge in [-0.1, -0.05) is 6.08 Å². The van der Waals surface area contributed by atoms with Gasteiger partial charge in [0.2, 0.25) is 0 Å². The predicted molar refractivity (Wildman–Crippen MR) is 104 cm³/mol. The quantitative estimate of drug-likeness (QED) is 0.501. The summed E-state index contributed by atoms with van der Waals surface area (Å²) >= 11 is 1.72. The first-order valence-electron chi connectivity index (χ1n) is 7.97. The van der Waals surface area contributed by atoms with Crippen LogP contribution >= 0.6 is 11.8 Å². The normalized spacial score (nSPS) is 10.8. The lowest BCUT2D eigenvalue weighted by Gasteiger charge is -2.19. The van der Waals surface area contributed by atoms with Crippen molar-refractivity contribution in [1.29, 1.82) is 0 Å². The summed E-state index contributed by atoms with van der Waals surface area (Å²) < 4.78 is 11.0. The molecular formula is C20H23NO3S. The lowest BCUT2D eigenvalue weighted by atomic mass is 10.2. The van der Waals surface area contributed by atoms with Crippen LogP contribution in [0.25, 0.3) is 0 Å². The average molecular weight is 357 g/mol. The fourth-order valence-corrected chi connectivity index (χ4v) is 2.56. The second kappa shape index (κ2) is 8.62. The number of nitrogens with one attached hydrogen (secondary N) is 1. The molecule has 4 nitrogen and oxygen atoms in total. The highest BCUT2D eigenvalue weighted by Gasteiger charge is 2.16. The van der Waals surface area contributed by atoms with E-state index >= 15 is 0 Å². The van der Waals surface area contributed by atoms with Crippen LogP contribution in [-0.2, 0) is 4.74 Å². The van der Waals surface area contributed by atoms with E-state index in [9.17, 15) is 4.79 Å². The maximum absolute atomic E-state index is 11.7. The van der Waals surface area contributed by atoms with Crippen LogP contribution in [0.3, 0.4) is 0 Å². The third-order valence-corrected chi connectivity index (χ3v) is 3.93. The van der Waals surface area contributed by atoms with Crippen LogP contribution in [0.5, 0.6) is 11.5 Å². The summed E-state index contributed by atoms with van der Waals surface area (Å²) in [5.41, 5.74) is 0.126. The van der Waals surface area contributed by atoms with E-state index in [1.165, 1.54) is 4.90 Å². The van der Waals surface area contributed by atoms with Crippen molar-refractivity contribution in [2.24, 2.45) is 0 Å². The third kappa shape index (κ3) is 6.93. The van der Waals surface area contributed by atoms with Gasteiger partial charge in [-0.15, -0.1) is 18.3 Å². The molecule has 2 rings (SSSR count). The molecule has 0 radical (unpaired) electrons. The van der Waals surface area contributed by atoms with Gasteiger partial charge in [-0.2, -0.15) is 0 Å². The van der Waals surface area contributed by atoms with Gasteiger partial charge in [0.25, 0.3) is 0 Å². The SMILES string of the molecule is C=CCSc1ccc(Oc2ccc(NC(=O)OC(C)(C)C)cc2)cc1. The van der Waals surface area contributed by atoms with E-state index in [1.54, 1.807) is 36.0 Å². The number of ether oxygens (including phenoxy) is 2. The molecule has 0 heterocycles. The maximum Gasteiger partial charge on any atom is 0.412 e. The van der Waals surface area contributed by atoms with Crippen LogP contribution in [0.15, 0.2) is 66.1 Å². The summed E-state index contributed by atoms with van der Waals surface area (Å²) in [7, 11) is 0. The number of anilines is 1. The molecule has 0 aliphatic heterocycles. The van der Waals surface area contributed by atoms with E-state index in [4.69, 9.17) is 9.47 Å². The Hall–Kier alpha value is -2.40. The summed E-state index contributed by atoms with van der Waals surface area (Å²) in [5.74, 6) is 2.34. The number of carbonyl (C=O) groups is 1. The summed E-state index contributed by atoms with van der Waals surface area (Å²) in [6, 6.07) is 15.0. The molecule has 2 aromatic carbocycles. The van der Waals surface area contributed by atoms with Gasteiger partial charge in [-0.05, 0) is 69.3 Å². The molecule has 0 unspecified atom stereocenters. The Morgan fingerprint density at radius 2 is 1.64 bits per heavy atom. The van der Waals surface area contributed by atoms with E-state index in [0.717, 1.165) is 11.5 Å². The third-order valence-electron chi connectivity index (χ3n) is 2.93. The molecule has 0 spiro atoms. The second-order valence-corrected chi connectivity index (χ2v) is 7.42. The average Bonchev–Trinajstić information content (AvgIpc) is 2.54. The number of rotatable bonds is 6. The second-order valence-electron chi connectivity index (χ2n) is 6.32. The van der Waals surface area contributed by atoms with E-state index in [1.807, 2.05) is 51.1 Å². The van der Waals surface area contributed by atoms with Crippen LogP contribution in [0.4, 0.5) is 10.5 Å². The van der Waals surface area contributed by atoms with Gasteiger partial charge in [0.15, 0.2) is 0 Å². The molecular weight excluding hydrogens is 334 g/mol. The minimum atomic E-state index is -0.525. The fourth-order valence-electron chi connectivity index (χ4n) is 1.92. The first kappa shape index (κ1) is 18.9. The monoisotopic (exact) mass is 357 g/mol. The molecule has 132 valence electrons. The molecule has 0 saturated heterocycles. The van der Waals surface area contributed by atoms with Gasteiger partial charge in [-0.25, -0.2) is 4.79 Å². The number of benzene rings is 2. The van der Waals surface area contributed by atoms with E-state index in [-0.39, 0.29) is 0 Å². The maximum atomic E-state index is 11.7. The molecule has 2 aromatic rings. The van der Waals surface area contributed by atoms with E-state index in [2.05, 4.69) is 11.9 Å². The highest BCUT2D eigenvalue weighted by Crippen LogP contribution is 2.26. The van der Waals surface area contributed by atoms with Crippen molar-refractivity contribution in [2.45, 2.75) is 31.3 Å². The van der Waals surface area contributed by atoms with Gasteiger partial charge >= 0.3 is 6.09 Å². The molecule has 0 bridgehead atoms. The minimum Gasteiger partial charge on any atom is -0.457 e. The number of carbonyl (C=O) groups excluding carboxylic acids is 1. The van der Waals surface area contributed by atoms with Crippen LogP contribution in [0.2, 0.25) is 0 Å². The number of amides is 1. The van der Waals surface area contributed by atoms with Gasteiger partial charge in [-0.3, -0.25) is 5.32 Å². The van der Waals surface area contributed by atoms with Crippen LogP contribution in [-0.4, -0.2) is 17.4 Å². The molecule has 0 aromatic heterocycles. The Kier molecular flexibility index (Phi) is 6.53. The Morgan fingerprint density at radius 3 is 2.16 bits per heavy atom. The predicted octanol–water partition coefficient (Wildman–Crippen LogP) is 6.10. The van der Waals surface area contributed by atoms with Crippen molar-refractivity contribution in [3.05, 3.63) is 61.2 Å². The van der Waals surface area contributed by atoms with Crippen molar-refractivity contribution in [3.63, 3.8) is 0 Å². The van der Waals surface area contributed by atoms with Crippen molar-refractivity contribution in [1.82, 2.24) is 0 Å². The van der Waals surface area contributed by atoms with Crippen molar-refractivity contribution >= 4 is 23.5 Å². The molecule has 0 atom stereocenters. The smallest absolute Gasteiger partial charge is 0.412 e. The summed E-state index contributed by atoms with van der Waals surface area (Å²) in [5, 5.41) is 2.69. The number of thioether (sulfide) groups is 1. The molecule has 0 aliphatic carbocycles. The van der Waals surface area contributed by atoms with Crippen LogP contribution < -0.4 is 10.1 Å². The van der Waals surface area contributed by atoms with E-state index in [0.29, 0.717) is 11.4 Å². The highest BCUT2D eigenvalue weighted by atomic mass is 32.2. The zero-order valence-electron chi connectivity index (χ0n) is 14.7. The summed E-state index contributed by atoms with van der Waals surface area (Å²) in [4.78, 5) is 12.9. The largest absolute Gasteiger partial charge is 0.457 e. The number of hydrogen-bond donors (Lipinski definition) is 1. The minimum absolute atomic E-state index is 0.478. The standard InChI is InChI=1S/C20H23NO3S/c1-5-14-25-18-12-10-17(11-13-18)23-16-8-6-15(7-9-16)21-19(22)24-20(2,3)4/h5-13H,1,14H2,2-4H3,(H,21,22). The summed E-state index contributed by atoms with van der Waals surface area (Å²) in [6.07, 6.45) is 1.40. The van der Waals surface area contributed by atoms with Crippen LogP contribution in [0, 0.1) is 0 Å². The van der Waals surface area contributed by atoms with Crippen molar-refractivity contribution < 1.29 is 14.3 Å². The molecule has 1 amide bonds. The molecule has 1 N–H and O–H groups in total. The van der Waals surface area contributed by atoms with Gasteiger partial charge < -0.3 is 9.47 Å². The Morgan fingerprint density at radius 1 is 1.08 bits per heavy atom. The van der Waals surface area contributed by atoms with Crippen molar-refractivity contribution in [2.75, 3.05) is 11.1 Å². The van der Waals surface area contributed by atoms with Crippen LogP contribution in [0.1, 0.15) is 20.8 Å². The lowest BCUT2D eigenvalue weighted by Crippen LogP contribution is -2.27. The molecule has 0 fully saturated rings. The topological polar surface area (TPSA) is 47.6 Å². The molecule has 5 heteroatoms. The Balaban J connectivity index is 1.91. The van der Waals surface area contributed by atoms with Gasteiger partial charge in [0, 0.05) is 16.3 Å². The lowest BCUT2D eigenvalue weighted by molar-refractivity contribution is 0.0636. The molecule has 0 aliphatic rings. The number of hydrogen-bond acceptors (Lipinski definition) is 4. The fraction of sp³-hybridized carbons (Fsp3) is 0.250. The Bertz CT molecular complexity index is 703. The first-order valence-corrected chi connectivity index (χ1v) is 8.96. The zero-order chi connectivity index (χ0) is 18.3. The summed E-state index contributed by atoms with van der Waals surface area (Å²) in [6.45, 7) is 9.18. The van der Waals surface area contributed by atoms with Gasteiger partial charge in [0.1, 0.15) is 17.1 Å². The molecule has 0 saturated carbocycles. The highest BCUT2D eigenvalue weighted by molar-refractivity contribution is 7.99. The zero-order valence-corrected chi connectivity index (χ0v) is 15.6. The van der Waals surface area contributed by atoms with Crippen molar-refractivity contribution in [3.8, 4) is 11.5 Å². The Labute approximate surface area is 153 Å². The first-order chi connectivity index (χ1) is 11.9. The van der Waals surface area contributed by atoms with Gasteiger partial charge in [0.05, 0.1) is 0 Å².